The number of benzene rings is 2. The number of hydrogen-bond acceptors (Lipinski definition) is 4. The first-order valence-corrected chi connectivity index (χ1v) is 9.13. The van der Waals surface area contributed by atoms with Crippen LogP contribution >= 0.6 is 11.6 Å². The summed E-state index contributed by atoms with van der Waals surface area (Å²) in [5, 5.41) is 0.473. The number of rotatable bonds is 2. The average Bonchev–Trinajstić information content (AvgIpc) is 2.93. The van der Waals surface area contributed by atoms with E-state index in [-0.39, 0.29) is 17.7 Å². The Hall–Kier alpha value is -2.86. The first kappa shape index (κ1) is 17.5. The van der Waals surface area contributed by atoms with Crippen LogP contribution in [-0.4, -0.2) is 48.8 Å². The predicted molar refractivity (Wildman–Crippen MR) is 104 cm³/mol. The van der Waals surface area contributed by atoms with Crippen LogP contribution in [0, 0.1) is 0 Å². The lowest BCUT2D eigenvalue weighted by atomic mass is 10.1. The normalized spacial score (nSPS) is 16.7. The fourth-order valence-electron chi connectivity index (χ4n) is 3.58. The van der Waals surface area contributed by atoms with Crippen LogP contribution in [0.3, 0.4) is 0 Å². The summed E-state index contributed by atoms with van der Waals surface area (Å²) in [6.07, 6.45) is 0. The minimum absolute atomic E-state index is 0.0710. The van der Waals surface area contributed by atoms with Crippen LogP contribution < -0.4 is 9.80 Å². The minimum Gasteiger partial charge on any atom is -0.367 e. The molecule has 2 aromatic carbocycles. The quantitative estimate of drug-likeness (QED) is 0.748. The summed E-state index contributed by atoms with van der Waals surface area (Å²) in [6.45, 7) is 4.23. The molecule has 27 heavy (non-hydrogen) atoms. The van der Waals surface area contributed by atoms with Crippen molar-refractivity contribution in [2.75, 3.05) is 36.0 Å². The van der Waals surface area contributed by atoms with Crippen molar-refractivity contribution >= 4 is 40.7 Å². The van der Waals surface area contributed by atoms with E-state index >= 15 is 0 Å². The molecule has 138 valence electrons. The number of hydrogen-bond donors (Lipinski definition) is 0. The Bertz CT molecular complexity index is 916. The Labute approximate surface area is 161 Å². The molecule has 0 atom stereocenters. The number of carbonyl (C=O) groups excluding carboxylic acids is 3. The Morgan fingerprint density at radius 2 is 1.52 bits per heavy atom. The van der Waals surface area contributed by atoms with E-state index in [1.165, 1.54) is 0 Å². The highest BCUT2D eigenvalue weighted by atomic mass is 35.5. The van der Waals surface area contributed by atoms with Crippen molar-refractivity contribution in [1.82, 2.24) is 4.90 Å². The molecule has 0 aliphatic carbocycles. The Morgan fingerprint density at radius 1 is 0.926 bits per heavy atom. The standard InChI is InChI=1S/C20H18ClN3O3/c1-13(25)22-8-10-23(11-9-22)18-7-6-14(12-17(18)21)24-19(26)15-4-2-3-5-16(15)20(24)27/h2-7,12H,8-11H2,1H3. The summed E-state index contributed by atoms with van der Waals surface area (Å²) < 4.78 is 0. The van der Waals surface area contributed by atoms with Gasteiger partial charge in [0.05, 0.1) is 27.5 Å². The van der Waals surface area contributed by atoms with Crippen molar-refractivity contribution in [3.8, 4) is 0 Å². The number of piperazine rings is 1. The zero-order valence-electron chi connectivity index (χ0n) is 14.8. The third kappa shape index (κ3) is 2.96. The maximum absolute atomic E-state index is 12.6. The topological polar surface area (TPSA) is 60.9 Å². The van der Waals surface area contributed by atoms with E-state index in [9.17, 15) is 14.4 Å². The van der Waals surface area contributed by atoms with E-state index in [1.54, 1.807) is 48.2 Å². The lowest BCUT2D eigenvalue weighted by Crippen LogP contribution is -2.48. The third-order valence-electron chi connectivity index (χ3n) is 5.05. The fourth-order valence-corrected chi connectivity index (χ4v) is 3.87. The van der Waals surface area contributed by atoms with Gasteiger partial charge in [0.25, 0.3) is 11.8 Å². The zero-order valence-corrected chi connectivity index (χ0v) is 15.6. The van der Waals surface area contributed by atoms with Gasteiger partial charge in [-0.05, 0) is 30.3 Å². The minimum atomic E-state index is -0.338. The molecule has 3 amide bonds. The molecular formula is C20H18ClN3O3. The van der Waals surface area contributed by atoms with E-state index in [2.05, 4.69) is 4.90 Å². The number of amides is 3. The van der Waals surface area contributed by atoms with Crippen molar-refractivity contribution in [1.29, 1.82) is 0 Å². The van der Waals surface area contributed by atoms with Gasteiger partial charge in [0.15, 0.2) is 0 Å². The van der Waals surface area contributed by atoms with Gasteiger partial charge in [-0.25, -0.2) is 4.90 Å². The summed E-state index contributed by atoms with van der Waals surface area (Å²) in [4.78, 5) is 41.8. The number of carbonyl (C=O) groups is 3. The molecule has 2 heterocycles. The predicted octanol–water partition coefficient (Wildman–Crippen LogP) is 2.81. The molecule has 2 aliphatic rings. The number of nitrogens with zero attached hydrogens (tertiary/aromatic N) is 3. The van der Waals surface area contributed by atoms with Gasteiger partial charge in [-0.3, -0.25) is 14.4 Å². The number of halogens is 1. The van der Waals surface area contributed by atoms with Crippen molar-refractivity contribution in [3.63, 3.8) is 0 Å². The van der Waals surface area contributed by atoms with E-state index in [0.717, 1.165) is 10.6 Å². The molecule has 0 aromatic heterocycles. The lowest BCUT2D eigenvalue weighted by molar-refractivity contribution is -0.129. The highest BCUT2D eigenvalue weighted by molar-refractivity contribution is 6.36. The molecule has 0 saturated carbocycles. The van der Waals surface area contributed by atoms with Crippen molar-refractivity contribution in [2.45, 2.75) is 6.92 Å². The second-order valence-electron chi connectivity index (χ2n) is 6.62. The second-order valence-corrected chi connectivity index (χ2v) is 7.03. The van der Waals surface area contributed by atoms with Gasteiger partial charge in [-0.2, -0.15) is 0 Å². The van der Waals surface area contributed by atoms with Gasteiger partial charge in [0.2, 0.25) is 5.91 Å². The molecule has 0 spiro atoms. The van der Waals surface area contributed by atoms with Gasteiger partial charge in [0, 0.05) is 33.1 Å². The second kappa shape index (κ2) is 6.70. The van der Waals surface area contributed by atoms with E-state index in [1.807, 2.05) is 6.07 Å². The monoisotopic (exact) mass is 383 g/mol. The molecule has 7 heteroatoms. The average molecular weight is 384 g/mol. The van der Waals surface area contributed by atoms with Crippen molar-refractivity contribution < 1.29 is 14.4 Å². The largest absolute Gasteiger partial charge is 0.367 e. The fraction of sp³-hybridized carbons (Fsp3) is 0.250. The Kier molecular flexibility index (Phi) is 4.36. The first-order valence-electron chi connectivity index (χ1n) is 8.75. The smallest absolute Gasteiger partial charge is 0.266 e. The lowest BCUT2D eigenvalue weighted by Gasteiger charge is -2.36. The summed E-state index contributed by atoms with van der Waals surface area (Å²) >= 11 is 6.48. The van der Waals surface area contributed by atoms with Crippen LogP contribution in [0.4, 0.5) is 11.4 Å². The zero-order chi connectivity index (χ0) is 19.1. The number of anilines is 2. The van der Waals surface area contributed by atoms with Gasteiger partial charge in [0.1, 0.15) is 0 Å². The highest BCUT2D eigenvalue weighted by Gasteiger charge is 2.36. The van der Waals surface area contributed by atoms with Crippen LogP contribution in [0.2, 0.25) is 5.02 Å². The van der Waals surface area contributed by atoms with Crippen LogP contribution in [0.25, 0.3) is 0 Å². The maximum Gasteiger partial charge on any atom is 0.266 e. The van der Waals surface area contributed by atoms with Gasteiger partial charge >= 0.3 is 0 Å². The van der Waals surface area contributed by atoms with Crippen molar-refractivity contribution in [3.05, 3.63) is 58.6 Å². The maximum atomic E-state index is 12.6. The molecule has 6 nitrogen and oxygen atoms in total. The Balaban J connectivity index is 1.58. The summed E-state index contributed by atoms with van der Waals surface area (Å²) in [6, 6.07) is 12.0. The summed E-state index contributed by atoms with van der Waals surface area (Å²) in [7, 11) is 0. The van der Waals surface area contributed by atoms with Crippen LogP contribution in [0.15, 0.2) is 42.5 Å². The summed E-state index contributed by atoms with van der Waals surface area (Å²) in [5.41, 5.74) is 2.10. The van der Waals surface area contributed by atoms with E-state index in [0.29, 0.717) is 48.0 Å². The van der Waals surface area contributed by atoms with E-state index < -0.39 is 0 Å². The third-order valence-corrected chi connectivity index (χ3v) is 5.35. The molecule has 0 N–H and O–H groups in total. The molecule has 0 radical (unpaired) electrons. The first-order chi connectivity index (χ1) is 13.0. The highest BCUT2D eigenvalue weighted by Crippen LogP contribution is 2.34. The Morgan fingerprint density at radius 3 is 2.04 bits per heavy atom. The van der Waals surface area contributed by atoms with E-state index in [4.69, 9.17) is 11.6 Å². The SMILES string of the molecule is CC(=O)N1CCN(c2ccc(N3C(=O)c4ccccc4C3=O)cc2Cl)CC1. The van der Waals surface area contributed by atoms with Gasteiger partial charge < -0.3 is 9.80 Å². The van der Waals surface area contributed by atoms with Crippen LogP contribution in [-0.2, 0) is 4.79 Å². The van der Waals surface area contributed by atoms with Crippen LogP contribution in [0.5, 0.6) is 0 Å². The molecule has 2 aromatic rings. The van der Waals surface area contributed by atoms with Crippen molar-refractivity contribution in [2.24, 2.45) is 0 Å². The van der Waals surface area contributed by atoms with Crippen LogP contribution in [0.1, 0.15) is 27.6 Å². The van der Waals surface area contributed by atoms with Gasteiger partial charge in [-0.1, -0.05) is 23.7 Å². The number of imide groups is 1. The molecule has 0 unspecified atom stereocenters. The molecule has 1 fully saturated rings. The molecular weight excluding hydrogens is 366 g/mol. The summed E-state index contributed by atoms with van der Waals surface area (Å²) in [5.74, 6) is -0.606. The number of fused-ring (bicyclic) bond motifs is 1. The molecule has 1 saturated heterocycles. The molecule has 4 rings (SSSR count). The van der Waals surface area contributed by atoms with Gasteiger partial charge in [-0.15, -0.1) is 0 Å². The molecule has 0 bridgehead atoms. The molecule has 2 aliphatic heterocycles.